The average molecular weight is 376 g/mol. The highest BCUT2D eigenvalue weighted by Crippen LogP contribution is 2.53. The molecule has 0 amide bonds. The minimum atomic E-state index is -1.91. The van der Waals surface area contributed by atoms with Crippen molar-refractivity contribution in [3.63, 3.8) is 0 Å². The van der Waals surface area contributed by atoms with Gasteiger partial charge in [0.25, 0.3) is 0 Å². The lowest BCUT2D eigenvalue weighted by atomic mass is 9.55. The summed E-state index contributed by atoms with van der Waals surface area (Å²) in [5.74, 6) is -1.51. The molecule has 6 unspecified atom stereocenters. The van der Waals surface area contributed by atoms with Crippen molar-refractivity contribution in [3.8, 4) is 0 Å². The number of Topliss-reactive ketones (excluding diaryl/α,β-unsaturated/α-hetero) is 1. The maximum absolute atomic E-state index is 12.9. The van der Waals surface area contributed by atoms with Crippen molar-refractivity contribution in [2.75, 3.05) is 19.6 Å². The first kappa shape index (κ1) is 18.0. The van der Waals surface area contributed by atoms with Crippen LogP contribution < -0.4 is 4.90 Å². The summed E-state index contributed by atoms with van der Waals surface area (Å²) in [5.41, 5.74) is -2.68. The quantitative estimate of drug-likeness (QED) is 0.586. The van der Waals surface area contributed by atoms with E-state index in [1.54, 1.807) is 0 Å². The Morgan fingerprint density at radius 1 is 1.19 bits per heavy atom. The van der Waals surface area contributed by atoms with Gasteiger partial charge in [0.2, 0.25) is 5.78 Å². The van der Waals surface area contributed by atoms with Crippen molar-refractivity contribution < 1.29 is 24.3 Å². The first-order valence-corrected chi connectivity index (χ1v) is 9.22. The molecule has 144 valence electrons. The number of quaternary nitrogens is 1. The molecule has 9 nitrogen and oxygen atoms in total. The average Bonchev–Trinajstić information content (AvgIpc) is 2.65. The van der Waals surface area contributed by atoms with E-state index in [4.69, 9.17) is 4.74 Å². The fourth-order valence-corrected chi connectivity index (χ4v) is 5.43. The molecular weight excluding hydrogens is 354 g/mol. The van der Waals surface area contributed by atoms with Gasteiger partial charge < -0.3 is 9.64 Å². The van der Waals surface area contributed by atoms with Crippen molar-refractivity contribution in [1.82, 2.24) is 0 Å². The Labute approximate surface area is 155 Å². The van der Waals surface area contributed by atoms with Crippen LogP contribution in [-0.2, 0) is 9.53 Å². The van der Waals surface area contributed by atoms with Gasteiger partial charge in [-0.25, -0.2) is 0 Å². The van der Waals surface area contributed by atoms with Gasteiger partial charge >= 0.3 is 11.1 Å². The zero-order valence-corrected chi connectivity index (χ0v) is 15.0. The Morgan fingerprint density at radius 3 is 2.48 bits per heavy atom. The molecular formula is C18H22N3O6+. The fraction of sp³-hybridized carbons (Fsp3) is 0.611. The molecule has 1 aromatic carbocycles. The maximum atomic E-state index is 12.9. The Hall–Kier alpha value is -2.39. The van der Waals surface area contributed by atoms with Crippen LogP contribution in [0.5, 0.6) is 0 Å². The van der Waals surface area contributed by atoms with Crippen LogP contribution in [0.3, 0.4) is 0 Å². The second kappa shape index (κ2) is 6.07. The lowest BCUT2D eigenvalue weighted by molar-refractivity contribution is -0.947. The van der Waals surface area contributed by atoms with Gasteiger partial charge in [0.15, 0.2) is 13.1 Å². The van der Waals surface area contributed by atoms with Crippen LogP contribution in [0.4, 0.5) is 0 Å². The van der Waals surface area contributed by atoms with E-state index in [2.05, 4.69) is 0 Å². The molecule has 6 atom stereocenters. The normalized spacial score (nSPS) is 40.4. The zero-order chi connectivity index (χ0) is 19.4. The lowest BCUT2D eigenvalue weighted by Crippen LogP contribution is -3.20. The fourth-order valence-electron chi connectivity index (χ4n) is 5.43. The first-order chi connectivity index (χ1) is 12.9. The van der Waals surface area contributed by atoms with E-state index in [1.807, 2.05) is 37.3 Å². The highest BCUT2D eigenvalue weighted by molar-refractivity contribution is 5.90. The molecule has 1 aliphatic carbocycles. The lowest BCUT2D eigenvalue weighted by Gasteiger charge is -2.54. The molecule has 2 saturated heterocycles. The third-order valence-corrected chi connectivity index (χ3v) is 6.76. The van der Waals surface area contributed by atoms with Gasteiger partial charge in [-0.1, -0.05) is 30.3 Å². The van der Waals surface area contributed by atoms with Crippen molar-refractivity contribution in [2.45, 2.75) is 43.1 Å². The predicted molar refractivity (Wildman–Crippen MR) is 92.5 cm³/mol. The molecule has 0 spiro atoms. The second-order valence-electron chi connectivity index (χ2n) is 7.83. The summed E-state index contributed by atoms with van der Waals surface area (Å²) in [5, 5.41) is 24.4. The molecule has 1 aromatic rings. The van der Waals surface area contributed by atoms with E-state index >= 15 is 0 Å². The van der Waals surface area contributed by atoms with Crippen molar-refractivity contribution in [2.24, 2.45) is 5.92 Å². The van der Waals surface area contributed by atoms with Gasteiger partial charge in [0.1, 0.15) is 12.0 Å². The number of ether oxygens (including phenoxy) is 1. The first-order valence-electron chi connectivity index (χ1n) is 9.22. The standard InChI is InChI=1S/C18H21N3O6/c1-2-19-10-17(20(23)24)14-8-13(12-6-4-3-5-7-12)27-16(9-15(17)22)18(14,11-19)21(25)26/h3-7,13-14,16H,2,8-11H2,1H3/p+1. The Kier molecular flexibility index (Phi) is 4.04. The molecule has 1 saturated carbocycles. The van der Waals surface area contributed by atoms with Gasteiger partial charge in [-0.3, -0.25) is 25.0 Å². The highest BCUT2D eigenvalue weighted by atomic mass is 16.6. The molecule has 3 fully saturated rings. The minimum absolute atomic E-state index is 0.00379. The highest BCUT2D eigenvalue weighted by Gasteiger charge is 2.83. The summed E-state index contributed by atoms with van der Waals surface area (Å²) in [6.45, 7) is 2.46. The third kappa shape index (κ3) is 2.28. The number of nitrogens with one attached hydrogen (secondary N) is 1. The van der Waals surface area contributed by atoms with Crippen LogP contribution in [0.2, 0.25) is 0 Å². The number of hydrogen-bond acceptors (Lipinski definition) is 6. The van der Waals surface area contributed by atoms with Crippen LogP contribution in [-0.4, -0.2) is 52.4 Å². The molecule has 2 aliphatic heterocycles. The monoisotopic (exact) mass is 376 g/mol. The minimum Gasteiger partial charge on any atom is -0.362 e. The Bertz CT molecular complexity index is 802. The molecule has 0 radical (unpaired) electrons. The molecule has 9 heteroatoms. The predicted octanol–water partition coefficient (Wildman–Crippen LogP) is 0.0550. The molecule has 1 N–H and O–H groups in total. The van der Waals surface area contributed by atoms with Crippen molar-refractivity contribution >= 4 is 5.78 Å². The number of nitro groups is 2. The molecule has 3 aliphatic rings. The number of nitrogens with zero attached hydrogens (tertiary/aromatic N) is 2. The molecule has 4 bridgehead atoms. The van der Waals surface area contributed by atoms with Gasteiger partial charge in [0, 0.05) is 16.3 Å². The molecule has 0 aromatic heterocycles. The number of piperidine rings is 1. The van der Waals surface area contributed by atoms with Gasteiger partial charge in [0.05, 0.1) is 12.6 Å². The van der Waals surface area contributed by atoms with Gasteiger partial charge in [-0.15, -0.1) is 0 Å². The van der Waals surface area contributed by atoms with E-state index in [0.29, 0.717) is 11.4 Å². The van der Waals surface area contributed by atoms with Crippen molar-refractivity contribution in [1.29, 1.82) is 0 Å². The van der Waals surface area contributed by atoms with E-state index in [0.717, 1.165) is 5.56 Å². The van der Waals surface area contributed by atoms with Crippen LogP contribution in [0.15, 0.2) is 30.3 Å². The summed E-state index contributed by atoms with van der Waals surface area (Å²) in [7, 11) is 0. The number of rotatable bonds is 4. The number of hydrogen-bond donors (Lipinski definition) is 1. The Morgan fingerprint density at radius 2 is 1.89 bits per heavy atom. The van der Waals surface area contributed by atoms with Gasteiger partial charge in [-0.2, -0.15) is 0 Å². The van der Waals surface area contributed by atoms with E-state index in [-0.39, 0.29) is 25.9 Å². The zero-order valence-electron chi connectivity index (χ0n) is 15.0. The smallest absolute Gasteiger partial charge is 0.336 e. The van der Waals surface area contributed by atoms with Crippen LogP contribution in [0.25, 0.3) is 0 Å². The number of likely N-dealkylation sites (tertiary alicyclic amines) is 1. The largest absolute Gasteiger partial charge is 0.362 e. The summed E-state index contributed by atoms with van der Waals surface area (Å²) in [4.78, 5) is 37.1. The summed E-state index contributed by atoms with van der Waals surface area (Å²) >= 11 is 0. The number of ketones is 1. The van der Waals surface area contributed by atoms with Gasteiger partial charge in [-0.05, 0) is 18.9 Å². The summed E-state index contributed by atoms with van der Waals surface area (Å²) in [6, 6.07) is 9.23. The summed E-state index contributed by atoms with van der Waals surface area (Å²) < 4.78 is 6.08. The number of likely N-dealkylation sites (N-methyl/N-ethyl adjacent to an activating group) is 1. The van der Waals surface area contributed by atoms with Crippen LogP contribution in [0.1, 0.15) is 31.4 Å². The second-order valence-corrected chi connectivity index (χ2v) is 7.83. The third-order valence-electron chi connectivity index (χ3n) is 6.76. The number of carbonyl (C=O) groups is 1. The molecule has 2 heterocycles. The maximum Gasteiger partial charge on any atom is 0.336 e. The molecule has 27 heavy (non-hydrogen) atoms. The van der Waals surface area contributed by atoms with E-state index in [9.17, 15) is 25.0 Å². The van der Waals surface area contributed by atoms with Crippen LogP contribution in [0, 0.1) is 26.1 Å². The van der Waals surface area contributed by atoms with E-state index in [1.165, 1.54) is 0 Å². The Balaban J connectivity index is 1.86. The SMILES string of the molecule is CC[NH+]1CC2([N+](=O)[O-])C(=O)CC3OC(c4ccccc4)CC2C3([N+](=O)[O-])C1. The van der Waals surface area contributed by atoms with Crippen LogP contribution >= 0.6 is 0 Å². The topological polar surface area (TPSA) is 117 Å². The van der Waals surface area contributed by atoms with E-state index < -0.39 is 44.8 Å². The van der Waals surface area contributed by atoms with Crippen molar-refractivity contribution in [3.05, 3.63) is 56.1 Å². The number of benzene rings is 1. The molecule has 4 rings (SSSR count). The summed E-state index contributed by atoms with van der Waals surface area (Å²) in [6.07, 6.45) is -1.60. The number of carbonyl (C=O) groups excluding carboxylic acids is 1.